The molecule has 2 fully saturated rings. The largest absolute Gasteiger partial charge is 0.396 e. The molecule has 0 atom stereocenters. The number of carbonyl (C=O) groups is 2. The highest BCUT2D eigenvalue weighted by Gasteiger charge is 2.34. The molecule has 3 rings (SSSR count). The number of piperidine rings is 1. The van der Waals surface area contributed by atoms with Crippen LogP contribution in [0.3, 0.4) is 0 Å². The van der Waals surface area contributed by atoms with Gasteiger partial charge in [-0.2, -0.15) is 0 Å². The van der Waals surface area contributed by atoms with Crippen molar-refractivity contribution in [1.82, 2.24) is 4.90 Å². The van der Waals surface area contributed by atoms with Crippen molar-refractivity contribution in [3.8, 4) is 0 Å². The van der Waals surface area contributed by atoms with Gasteiger partial charge in [-0.25, -0.2) is 0 Å². The van der Waals surface area contributed by atoms with E-state index in [4.69, 9.17) is 0 Å². The molecule has 1 aromatic rings. The summed E-state index contributed by atoms with van der Waals surface area (Å²) in [4.78, 5) is 26.2. The molecule has 0 spiro atoms. The van der Waals surface area contributed by atoms with Gasteiger partial charge in [-0.15, -0.1) is 0 Å². The van der Waals surface area contributed by atoms with E-state index in [1.54, 1.807) is 24.3 Å². The van der Waals surface area contributed by atoms with Crippen LogP contribution in [0.5, 0.6) is 0 Å². The van der Waals surface area contributed by atoms with E-state index in [9.17, 15) is 14.7 Å². The molecule has 1 aliphatic carbocycles. The third kappa shape index (κ3) is 3.61. The maximum absolute atomic E-state index is 12.6. The number of carbonyl (C=O) groups excluding carboxylic acids is 2. The molecule has 130 valence electrons. The van der Waals surface area contributed by atoms with E-state index in [-0.39, 0.29) is 29.8 Å². The van der Waals surface area contributed by atoms with E-state index < -0.39 is 0 Å². The van der Waals surface area contributed by atoms with Crippen LogP contribution in [0, 0.1) is 11.3 Å². The lowest BCUT2D eigenvalue weighted by molar-refractivity contribution is -0.117. The zero-order valence-electron chi connectivity index (χ0n) is 14.3. The van der Waals surface area contributed by atoms with Gasteiger partial charge in [-0.1, -0.05) is 6.92 Å². The van der Waals surface area contributed by atoms with E-state index in [1.807, 2.05) is 4.90 Å². The minimum absolute atomic E-state index is 0.0201. The highest BCUT2D eigenvalue weighted by Crippen LogP contribution is 2.34. The number of amides is 2. The van der Waals surface area contributed by atoms with Gasteiger partial charge in [0.25, 0.3) is 5.91 Å². The second-order valence-electron chi connectivity index (χ2n) is 7.14. The van der Waals surface area contributed by atoms with E-state index >= 15 is 0 Å². The van der Waals surface area contributed by atoms with Gasteiger partial charge in [-0.05, 0) is 61.8 Å². The standard InChI is InChI=1S/C19H26N2O3/c1-2-19(13-22)9-11-21(12-10-19)18(24)15-5-7-16(8-6-15)20-17(23)14-3-4-14/h5-8,14,22H,2-4,9-13H2,1H3,(H,20,23). The van der Waals surface area contributed by atoms with E-state index in [0.29, 0.717) is 18.7 Å². The number of nitrogens with zero attached hydrogens (tertiary/aromatic N) is 1. The molecule has 2 N–H and O–H groups in total. The van der Waals surface area contributed by atoms with Gasteiger partial charge in [0.05, 0.1) is 0 Å². The summed E-state index contributed by atoms with van der Waals surface area (Å²) in [6.45, 7) is 3.67. The van der Waals surface area contributed by atoms with Gasteiger partial charge in [0.15, 0.2) is 0 Å². The smallest absolute Gasteiger partial charge is 0.253 e. The van der Waals surface area contributed by atoms with Gasteiger partial charge in [0.1, 0.15) is 0 Å². The second-order valence-corrected chi connectivity index (χ2v) is 7.14. The lowest BCUT2D eigenvalue weighted by Crippen LogP contribution is -2.44. The Morgan fingerprint density at radius 1 is 1.21 bits per heavy atom. The minimum atomic E-state index is -0.0201. The number of aliphatic hydroxyl groups excluding tert-OH is 1. The molecule has 24 heavy (non-hydrogen) atoms. The van der Waals surface area contributed by atoms with Crippen LogP contribution in [-0.4, -0.2) is 41.5 Å². The maximum Gasteiger partial charge on any atom is 0.253 e. The Bertz CT molecular complexity index is 594. The molecule has 1 saturated heterocycles. The first-order valence-electron chi connectivity index (χ1n) is 8.88. The molecule has 1 aliphatic heterocycles. The quantitative estimate of drug-likeness (QED) is 0.872. The number of aliphatic hydroxyl groups is 1. The van der Waals surface area contributed by atoms with Gasteiger partial charge in [-0.3, -0.25) is 9.59 Å². The number of rotatable bonds is 5. The van der Waals surface area contributed by atoms with E-state index in [0.717, 1.165) is 37.8 Å². The van der Waals surface area contributed by atoms with Crippen LogP contribution in [0.1, 0.15) is 49.4 Å². The van der Waals surface area contributed by atoms with Gasteiger partial charge < -0.3 is 15.3 Å². The Morgan fingerprint density at radius 3 is 2.33 bits per heavy atom. The highest BCUT2D eigenvalue weighted by atomic mass is 16.3. The SMILES string of the molecule is CCC1(CO)CCN(C(=O)c2ccc(NC(=O)C3CC3)cc2)CC1. The summed E-state index contributed by atoms with van der Waals surface area (Å²) in [5.41, 5.74) is 1.37. The van der Waals surface area contributed by atoms with Crippen LogP contribution in [0.4, 0.5) is 5.69 Å². The molecule has 0 radical (unpaired) electrons. The van der Waals surface area contributed by atoms with E-state index in [1.165, 1.54) is 0 Å². The van der Waals surface area contributed by atoms with Crippen molar-refractivity contribution in [1.29, 1.82) is 0 Å². The average molecular weight is 330 g/mol. The molecule has 2 amide bonds. The molecule has 0 unspecified atom stereocenters. The maximum atomic E-state index is 12.6. The fourth-order valence-electron chi connectivity index (χ4n) is 3.28. The Morgan fingerprint density at radius 2 is 1.83 bits per heavy atom. The molecule has 2 aliphatic rings. The number of benzene rings is 1. The molecule has 5 nitrogen and oxygen atoms in total. The fourth-order valence-corrected chi connectivity index (χ4v) is 3.28. The van der Waals surface area contributed by atoms with Crippen LogP contribution in [0.25, 0.3) is 0 Å². The lowest BCUT2D eigenvalue weighted by atomic mass is 9.77. The Labute approximate surface area is 143 Å². The van der Waals surface area contributed by atoms with Crippen LogP contribution in [-0.2, 0) is 4.79 Å². The van der Waals surface area contributed by atoms with Crippen LogP contribution in [0.2, 0.25) is 0 Å². The van der Waals surface area contributed by atoms with Crippen LogP contribution >= 0.6 is 0 Å². The molecule has 0 aromatic heterocycles. The zero-order valence-corrected chi connectivity index (χ0v) is 14.3. The van der Waals surface area contributed by atoms with Gasteiger partial charge in [0, 0.05) is 36.9 Å². The van der Waals surface area contributed by atoms with Gasteiger partial charge >= 0.3 is 0 Å². The van der Waals surface area contributed by atoms with E-state index in [2.05, 4.69) is 12.2 Å². The fraction of sp³-hybridized carbons (Fsp3) is 0.579. The molecule has 1 heterocycles. The van der Waals surface area contributed by atoms with Crippen molar-refractivity contribution in [2.24, 2.45) is 11.3 Å². The lowest BCUT2D eigenvalue weighted by Gasteiger charge is -2.40. The third-order valence-corrected chi connectivity index (χ3v) is 5.54. The topological polar surface area (TPSA) is 69.6 Å². The molecule has 5 heteroatoms. The predicted molar refractivity (Wildman–Crippen MR) is 92.7 cm³/mol. The number of anilines is 1. The molecule has 1 aromatic carbocycles. The van der Waals surface area contributed by atoms with Crippen molar-refractivity contribution in [3.05, 3.63) is 29.8 Å². The Kier molecular flexibility index (Phi) is 4.90. The van der Waals surface area contributed by atoms with Crippen LogP contribution < -0.4 is 5.32 Å². The van der Waals surface area contributed by atoms with Crippen LogP contribution in [0.15, 0.2) is 24.3 Å². The van der Waals surface area contributed by atoms with Crippen molar-refractivity contribution < 1.29 is 14.7 Å². The summed E-state index contributed by atoms with van der Waals surface area (Å²) in [6.07, 6.45) is 4.60. The second kappa shape index (κ2) is 6.93. The first-order chi connectivity index (χ1) is 11.6. The third-order valence-electron chi connectivity index (χ3n) is 5.54. The monoisotopic (exact) mass is 330 g/mol. The number of hydrogen-bond donors (Lipinski definition) is 2. The summed E-state index contributed by atoms with van der Waals surface area (Å²) in [7, 11) is 0. The molecule has 0 bridgehead atoms. The summed E-state index contributed by atoms with van der Waals surface area (Å²) in [5, 5.41) is 12.5. The number of likely N-dealkylation sites (tertiary alicyclic amines) is 1. The molecular formula is C19H26N2O3. The highest BCUT2D eigenvalue weighted by molar-refractivity contribution is 5.96. The number of nitrogens with one attached hydrogen (secondary N) is 1. The Hall–Kier alpha value is -1.88. The minimum Gasteiger partial charge on any atom is -0.396 e. The zero-order chi connectivity index (χ0) is 17.2. The van der Waals surface area contributed by atoms with Gasteiger partial charge in [0.2, 0.25) is 5.91 Å². The van der Waals surface area contributed by atoms with Crippen molar-refractivity contribution in [2.45, 2.75) is 39.0 Å². The van der Waals surface area contributed by atoms with Crippen molar-refractivity contribution in [2.75, 3.05) is 25.0 Å². The predicted octanol–water partition coefficient (Wildman–Crippen LogP) is 2.66. The molecule has 1 saturated carbocycles. The van der Waals surface area contributed by atoms with Crippen molar-refractivity contribution >= 4 is 17.5 Å². The number of hydrogen-bond acceptors (Lipinski definition) is 3. The summed E-state index contributed by atoms with van der Waals surface area (Å²) < 4.78 is 0. The summed E-state index contributed by atoms with van der Waals surface area (Å²) >= 11 is 0. The van der Waals surface area contributed by atoms with Crippen molar-refractivity contribution in [3.63, 3.8) is 0 Å². The normalized spacial score (nSPS) is 19.8. The Balaban J connectivity index is 1.58. The summed E-state index contributed by atoms with van der Waals surface area (Å²) in [5.74, 6) is 0.271. The summed E-state index contributed by atoms with van der Waals surface area (Å²) in [6, 6.07) is 7.14. The first kappa shape index (κ1) is 17.0. The molecular weight excluding hydrogens is 304 g/mol. The first-order valence-corrected chi connectivity index (χ1v) is 8.88. The average Bonchev–Trinajstić information content (AvgIpc) is 3.47.